The molecule has 1 saturated heterocycles. The number of thiazole rings is 1. The third kappa shape index (κ3) is 2.97. The quantitative estimate of drug-likeness (QED) is 0.854. The average Bonchev–Trinajstić information content (AvgIpc) is 2.87. The zero-order valence-corrected chi connectivity index (χ0v) is 13.5. The second-order valence-corrected chi connectivity index (χ2v) is 6.61. The van der Waals surface area contributed by atoms with Crippen LogP contribution in [0, 0.1) is 19.7 Å². The van der Waals surface area contributed by atoms with E-state index in [-0.39, 0.29) is 11.7 Å². The molecule has 0 N–H and O–H groups in total. The maximum atomic E-state index is 12.9. The van der Waals surface area contributed by atoms with E-state index in [1.165, 1.54) is 29.1 Å². The maximum Gasteiger partial charge on any atom is 0.253 e. The molecule has 1 fully saturated rings. The third-order valence-electron chi connectivity index (χ3n) is 3.95. The van der Waals surface area contributed by atoms with Gasteiger partial charge in [0.1, 0.15) is 5.82 Å². The van der Waals surface area contributed by atoms with E-state index in [4.69, 9.17) is 0 Å². The smallest absolute Gasteiger partial charge is 0.253 e. The van der Waals surface area contributed by atoms with Crippen LogP contribution in [0.5, 0.6) is 0 Å². The molecule has 2 heterocycles. The minimum Gasteiger partial charge on any atom is -0.345 e. The number of hydrogen-bond donors (Lipinski definition) is 0. The number of carbonyl (C=O) groups is 1. The van der Waals surface area contributed by atoms with Gasteiger partial charge in [-0.3, -0.25) is 4.79 Å². The minimum atomic E-state index is -0.323. The molecule has 6 heteroatoms. The molecule has 1 aliphatic heterocycles. The molecule has 0 aliphatic carbocycles. The van der Waals surface area contributed by atoms with Crippen molar-refractivity contribution >= 4 is 22.4 Å². The van der Waals surface area contributed by atoms with Crippen LogP contribution in [0.1, 0.15) is 20.9 Å². The molecule has 1 aromatic heterocycles. The Bertz CT molecular complexity index is 656. The van der Waals surface area contributed by atoms with Crippen LogP contribution in [0.3, 0.4) is 0 Å². The first-order valence-corrected chi connectivity index (χ1v) is 8.10. The van der Waals surface area contributed by atoms with Gasteiger partial charge in [-0.1, -0.05) is 0 Å². The summed E-state index contributed by atoms with van der Waals surface area (Å²) >= 11 is 1.70. The lowest BCUT2D eigenvalue weighted by Crippen LogP contribution is -2.48. The summed E-state index contributed by atoms with van der Waals surface area (Å²) in [5.74, 6) is -0.359. The number of hydrogen-bond acceptors (Lipinski definition) is 4. The average molecular weight is 319 g/mol. The fraction of sp³-hybridized carbons (Fsp3) is 0.375. The summed E-state index contributed by atoms with van der Waals surface area (Å²) in [4.78, 5) is 22.2. The van der Waals surface area contributed by atoms with Gasteiger partial charge >= 0.3 is 0 Å². The second kappa shape index (κ2) is 6.04. The van der Waals surface area contributed by atoms with Gasteiger partial charge < -0.3 is 9.80 Å². The summed E-state index contributed by atoms with van der Waals surface area (Å²) in [6.45, 7) is 6.97. The number of carbonyl (C=O) groups excluding carboxylic acids is 1. The van der Waals surface area contributed by atoms with Gasteiger partial charge in [0, 0.05) is 36.6 Å². The molecule has 0 spiro atoms. The number of aromatic nitrogens is 1. The number of piperazine rings is 1. The lowest BCUT2D eigenvalue weighted by atomic mass is 10.2. The Balaban J connectivity index is 1.64. The molecule has 116 valence electrons. The normalized spacial score (nSPS) is 15.2. The first-order valence-electron chi connectivity index (χ1n) is 7.28. The van der Waals surface area contributed by atoms with Gasteiger partial charge in [0.05, 0.1) is 5.69 Å². The van der Waals surface area contributed by atoms with Crippen LogP contribution in [-0.2, 0) is 0 Å². The number of benzene rings is 1. The SMILES string of the molecule is Cc1nc(N2CCN(C(=O)c3ccc(F)cc3)CC2)sc1C. The predicted molar refractivity (Wildman–Crippen MR) is 86.1 cm³/mol. The summed E-state index contributed by atoms with van der Waals surface area (Å²) in [6, 6.07) is 5.73. The van der Waals surface area contributed by atoms with Crippen LogP contribution >= 0.6 is 11.3 Å². The highest BCUT2D eigenvalue weighted by molar-refractivity contribution is 7.15. The lowest BCUT2D eigenvalue weighted by molar-refractivity contribution is 0.0746. The van der Waals surface area contributed by atoms with E-state index in [1.54, 1.807) is 11.3 Å². The Morgan fingerprint density at radius 2 is 1.77 bits per heavy atom. The van der Waals surface area contributed by atoms with Gasteiger partial charge in [-0.15, -0.1) is 11.3 Å². The maximum absolute atomic E-state index is 12.9. The summed E-state index contributed by atoms with van der Waals surface area (Å²) in [5.41, 5.74) is 1.61. The van der Waals surface area contributed by atoms with E-state index in [0.717, 1.165) is 23.9 Å². The fourth-order valence-electron chi connectivity index (χ4n) is 2.47. The first-order chi connectivity index (χ1) is 10.5. The lowest BCUT2D eigenvalue weighted by Gasteiger charge is -2.34. The number of nitrogens with zero attached hydrogens (tertiary/aromatic N) is 3. The van der Waals surface area contributed by atoms with Crippen LogP contribution in [0.15, 0.2) is 24.3 Å². The largest absolute Gasteiger partial charge is 0.345 e. The van der Waals surface area contributed by atoms with Crippen molar-refractivity contribution in [3.63, 3.8) is 0 Å². The fourth-order valence-corrected chi connectivity index (χ4v) is 3.43. The van der Waals surface area contributed by atoms with Crippen LogP contribution < -0.4 is 4.90 Å². The van der Waals surface area contributed by atoms with Crippen LogP contribution in [0.2, 0.25) is 0 Å². The molecular formula is C16H18FN3OS. The summed E-state index contributed by atoms with van der Waals surface area (Å²) in [7, 11) is 0. The highest BCUT2D eigenvalue weighted by Crippen LogP contribution is 2.26. The molecule has 1 aromatic carbocycles. The molecular weight excluding hydrogens is 301 g/mol. The summed E-state index contributed by atoms with van der Waals surface area (Å²) in [6.07, 6.45) is 0. The van der Waals surface area contributed by atoms with Crippen molar-refractivity contribution in [2.75, 3.05) is 31.1 Å². The van der Waals surface area contributed by atoms with Crippen LogP contribution in [-0.4, -0.2) is 42.0 Å². The number of halogens is 1. The standard InChI is InChI=1S/C16H18FN3OS/c1-11-12(2)22-16(18-11)20-9-7-19(8-10-20)15(21)13-3-5-14(17)6-4-13/h3-6H,7-10H2,1-2H3. The number of aryl methyl sites for hydroxylation is 2. The van der Waals surface area contributed by atoms with Crippen molar-refractivity contribution in [2.24, 2.45) is 0 Å². The van der Waals surface area contributed by atoms with Crippen molar-refractivity contribution in [1.29, 1.82) is 0 Å². The van der Waals surface area contributed by atoms with Crippen molar-refractivity contribution in [1.82, 2.24) is 9.88 Å². The third-order valence-corrected chi connectivity index (χ3v) is 5.08. The minimum absolute atomic E-state index is 0.0360. The molecule has 0 atom stereocenters. The molecule has 3 rings (SSSR count). The van der Waals surface area contributed by atoms with Gasteiger partial charge in [0.2, 0.25) is 0 Å². The zero-order valence-electron chi connectivity index (χ0n) is 12.7. The van der Waals surface area contributed by atoms with E-state index in [0.29, 0.717) is 18.7 Å². The Hall–Kier alpha value is -1.95. The van der Waals surface area contributed by atoms with E-state index in [9.17, 15) is 9.18 Å². The van der Waals surface area contributed by atoms with Crippen LogP contribution in [0.25, 0.3) is 0 Å². The van der Waals surface area contributed by atoms with E-state index >= 15 is 0 Å². The molecule has 0 bridgehead atoms. The molecule has 0 radical (unpaired) electrons. The van der Waals surface area contributed by atoms with Crippen molar-refractivity contribution in [3.05, 3.63) is 46.2 Å². The number of amides is 1. The van der Waals surface area contributed by atoms with Gasteiger partial charge in [-0.2, -0.15) is 0 Å². The molecule has 0 unspecified atom stereocenters. The van der Waals surface area contributed by atoms with Gasteiger partial charge in [-0.05, 0) is 38.1 Å². The van der Waals surface area contributed by atoms with Gasteiger partial charge in [0.25, 0.3) is 5.91 Å². The van der Waals surface area contributed by atoms with E-state index in [1.807, 2.05) is 11.8 Å². The highest BCUT2D eigenvalue weighted by atomic mass is 32.1. The Morgan fingerprint density at radius 3 is 2.32 bits per heavy atom. The first kappa shape index (κ1) is 15.0. The van der Waals surface area contributed by atoms with Crippen molar-refractivity contribution in [3.8, 4) is 0 Å². The molecule has 1 amide bonds. The second-order valence-electron chi connectivity index (χ2n) is 5.42. The number of rotatable bonds is 2. The Morgan fingerprint density at radius 1 is 1.14 bits per heavy atom. The van der Waals surface area contributed by atoms with Crippen molar-refractivity contribution in [2.45, 2.75) is 13.8 Å². The van der Waals surface area contributed by atoms with E-state index in [2.05, 4.69) is 16.8 Å². The molecule has 2 aromatic rings. The van der Waals surface area contributed by atoms with Gasteiger partial charge in [-0.25, -0.2) is 9.37 Å². The molecule has 22 heavy (non-hydrogen) atoms. The predicted octanol–water partition coefficient (Wildman–Crippen LogP) is 2.86. The molecule has 1 aliphatic rings. The number of anilines is 1. The highest BCUT2D eigenvalue weighted by Gasteiger charge is 2.23. The van der Waals surface area contributed by atoms with Crippen LogP contribution in [0.4, 0.5) is 9.52 Å². The molecule has 0 saturated carbocycles. The van der Waals surface area contributed by atoms with E-state index < -0.39 is 0 Å². The van der Waals surface area contributed by atoms with Crippen molar-refractivity contribution < 1.29 is 9.18 Å². The topological polar surface area (TPSA) is 36.4 Å². The van der Waals surface area contributed by atoms with Gasteiger partial charge in [0.15, 0.2) is 5.13 Å². The summed E-state index contributed by atoms with van der Waals surface area (Å²) < 4.78 is 12.9. The Labute approximate surface area is 133 Å². The molecule has 4 nitrogen and oxygen atoms in total. The Kier molecular flexibility index (Phi) is 4.11. The monoisotopic (exact) mass is 319 g/mol. The zero-order chi connectivity index (χ0) is 15.7. The summed E-state index contributed by atoms with van der Waals surface area (Å²) in [5, 5.41) is 1.03.